The highest BCUT2D eigenvalue weighted by atomic mass is 35.5. The monoisotopic (exact) mass is 264 g/mol. The molecular weight excluding hydrogens is 256 g/mol. The molecule has 2 rings (SSSR count). The van der Waals surface area contributed by atoms with Gasteiger partial charge in [0.1, 0.15) is 0 Å². The summed E-state index contributed by atoms with van der Waals surface area (Å²) in [7, 11) is 0. The van der Waals surface area contributed by atoms with Gasteiger partial charge in [-0.05, 0) is 41.1 Å². The molecule has 7 heteroatoms. The Labute approximate surface area is 108 Å². The van der Waals surface area contributed by atoms with E-state index in [-0.39, 0.29) is 5.70 Å². The summed E-state index contributed by atoms with van der Waals surface area (Å²) < 4.78 is 1.16. The molecule has 0 spiro atoms. The molecule has 0 atom stereocenters. The normalized spacial score (nSPS) is 11.6. The molecule has 1 heterocycles. The van der Waals surface area contributed by atoms with Crippen LogP contribution in [0.2, 0.25) is 5.02 Å². The molecule has 0 bridgehead atoms. The van der Waals surface area contributed by atoms with Crippen molar-refractivity contribution in [3.8, 4) is 0 Å². The topological polar surface area (TPSA) is 80.9 Å². The first-order chi connectivity index (χ1) is 8.58. The molecule has 0 amide bonds. The zero-order chi connectivity index (χ0) is 13.1. The van der Waals surface area contributed by atoms with Crippen LogP contribution in [0.1, 0.15) is 11.4 Å². The van der Waals surface area contributed by atoms with E-state index in [0.29, 0.717) is 16.4 Å². The first-order valence-corrected chi connectivity index (χ1v) is 5.41. The van der Waals surface area contributed by atoms with E-state index in [1.165, 1.54) is 6.08 Å². The van der Waals surface area contributed by atoms with Crippen LogP contribution in [0.4, 0.5) is 0 Å². The quantitative estimate of drug-likeness (QED) is 0.854. The number of benzene rings is 1. The van der Waals surface area contributed by atoms with Crippen LogP contribution in [-0.2, 0) is 4.79 Å². The minimum absolute atomic E-state index is 0.0279. The number of nitrogens with zero attached hydrogens (tertiary/aromatic N) is 4. The van der Waals surface area contributed by atoms with E-state index in [0.717, 1.165) is 4.68 Å². The van der Waals surface area contributed by atoms with Crippen LogP contribution in [0.15, 0.2) is 24.3 Å². The third-order valence-electron chi connectivity index (χ3n) is 2.25. The standard InChI is InChI=1S/C11H9ClN4O2/c1-7-13-14-15-16(7)10(11(17)18)6-8-2-4-9(12)5-3-8/h2-6H,1H3,(H,17,18)/b10-6-. The van der Waals surface area contributed by atoms with E-state index >= 15 is 0 Å². The Kier molecular flexibility index (Phi) is 3.38. The van der Waals surface area contributed by atoms with Crippen molar-refractivity contribution >= 4 is 29.3 Å². The summed E-state index contributed by atoms with van der Waals surface area (Å²) in [6.45, 7) is 1.62. The molecule has 0 aliphatic rings. The summed E-state index contributed by atoms with van der Waals surface area (Å²) in [4.78, 5) is 11.2. The number of carboxylic acids is 1. The van der Waals surface area contributed by atoms with Crippen LogP contribution in [0.25, 0.3) is 11.8 Å². The molecule has 1 aromatic heterocycles. The molecule has 0 aliphatic heterocycles. The second kappa shape index (κ2) is 4.97. The summed E-state index contributed by atoms with van der Waals surface area (Å²) in [5.74, 6) is -0.710. The van der Waals surface area contributed by atoms with Gasteiger partial charge in [-0.1, -0.05) is 23.7 Å². The highest BCUT2D eigenvalue weighted by Crippen LogP contribution is 2.15. The smallest absolute Gasteiger partial charge is 0.354 e. The number of carboxylic acid groups (broad SMARTS) is 1. The molecule has 0 radical (unpaired) electrons. The van der Waals surface area contributed by atoms with E-state index in [2.05, 4.69) is 15.5 Å². The summed E-state index contributed by atoms with van der Waals surface area (Å²) in [5, 5.41) is 20.5. The van der Waals surface area contributed by atoms with Gasteiger partial charge in [-0.25, -0.2) is 4.79 Å². The van der Waals surface area contributed by atoms with Crippen LogP contribution < -0.4 is 0 Å². The highest BCUT2D eigenvalue weighted by molar-refractivity contribution is 6.30. The molecule has 2 aromatic rings. The second-order valence-corrected chi connectivity index (χ2v) is 3.96. The highest BCUT2D eigenvalue weighted by Gasteiger charge is 2.14. The van der Waals surface area contributed by atoms with Gasteiger partial charge in [0.2, 0.25) is 0 Å². The number of aliphatic carboxylic acids is 1. The SMILES string of the molecule is Cc1nnnn1/C(=C\c1ccc(Cl)cc1)C(=O)O. The van der Waals surface area contributed by atoms with E-state index in [1.54, 1.807) is 31.2 Å². The maximum Gasteiger partial charge on any atom is 0.354 e. The summed E-state index contributed by atoms with van der Waals surface area (Å²) in [5.41, 5.74) is 0.673. The first kappa shape index (κ1) is 12.3. The van der Waals surface area contributed by atoms with Crippen LogP contribution in [0.5, 0.6) is 0 Å². The Morgan fingerprint density at radius 1 is 1.39 bits per heavy atom. The Morgan fingerprint density at radius 2 is 2.06 bits per heavy atom. The molecule has 0 saturated carbocycles. The average Bonchev–Trinajstić information content (AvgIpc) is 2.74. The third kappa shape index (κ3) is 2.54. The van der Waals surface area contributed by atoms with Gasteiger partial charge in [0, 0.05) is 5.02 Å². The lowest BCUT2D eigenvalue weighted by atomic mass is 10.2. The largest absolute Gasteiger partial charge is 0.477 e. The van der Waals surface area contributed by atoms with Gasteiger partial charge in [0.05, 0.1) is 0 Å². The maximum atomic E-state index is 11.2. The Bertz CT molecular complexity index is 604. The maximum absolute atomic E-state index is 11.2. The molecule has 1 N–H and O–H groups in total. The third-order valence-corrected chi connectivity index (χ3v) is 2.50. The fourth-order valence-corrected chi connectivity index (χ4v) is 1.51. The van der Waals surface area contributed by atoms with Crippen molar-refractivity contribution in [1.29, 1.82) is 0 Å². The van der Waals surface area contributed by atoms with Gasteiger partial charge in [0.25, 0.3) is 0 Å². The van der Waals surface area contributed by atoms with Crippen molar-refractivity contribution in [2.75, 3.05) is 0 Å². The second-order valence-electron chi connectivity index (χ2n) is 3.52. The fraction of sp³-hybridized carbons (Fsp3) is 0.0909. The number of aromatic nitrogens is 4. The zero-order valence-corrected chi connectivity index (χ0v) is 10.2. The van der Waals surface area contributed by atoms with Crippen LogP contribution in [0, 0.1) is 6.92 Å². The molecule has 0 saturated heterocycles. The Morgan fingerprint density at radius 3 is 2.56 bits per heavy atom. The van der Waals surface area contributed by atoms with Gasteiger partial charge in [-0.3, -0.25) is 0 Å². The Balaban J connectivity index is 2.46. The van der Waals surface area contributed by atoms with Gasteiger partial charge in [-0.2, -0.15) is 4.68 Å². The van der Waals surface area contributed by atoms with Crippen LogP contribution in [0.3, 0.4) is 0 Å². The van der Waals surface area contributed by atoms with E-state index in [1.807, 2.05) is 0 Å². The van der Waals surface area contributed by atoms with Crippen LogP contribution in [-0.4, -0.2) is 31.3 Å². The van der Waals surface area contributed by atoms with E-state index in [4.69, 9.17) is 11.6 Å². The molecule has 0 aliphatic carbocycles. The summed E-state index contributed by atoms with van der Waals surface area (Å²) in [6, 6.07) is 6.79. The number of rotatable bonds is 3. The predicted molar refractivity (Wildman–Crippen MR) is 65.8 cm³/mol. The number of hydrogen-bond acceptors (Lipinski definition) is 4. The van der Waals surface area contributed by atoms with Crippen LogP contribution >= 0.6 is 11.6 Å². The number of halogens is 1. The minimum Gasteiger partial charge on any atom is -0.477 e. The first-order valence-electron chi connectivity index (χ1n) is 5.04. The van der Waals surface area contributed by atoms with E-state index in [9.17, 15) is 9.90 Å². The van der Waals surface area contributed by atoms with Crippen molar-refractivity contribution in [3.63, 3.8) is 0 Å². The molecule has 92 valence electrons. The van der Waals surface area contributed by atoms with Crippen molar-refractivity contribution < 1.29 is 9.90 Å². The van der Waals surface area contributed by atoms with Gasteiger partial charge in [0.15, 0.2) is 11.5 Å². The number of tetrazole rings is 1. The lowest BCUT2D eigenvalue weighted by molar-refractivity contribution is -0.130. The van der Waals surface area contributed by atoms with Crippen molar-refractivity contribution in [2.45, 2.75) is 6.92 Å². The van der Waals surface area contributed by atoms with Gasteiger partial charge in [-0.15, -0.1) is 5.10 Å². The molecule has 1 aromatic carbocycles. The van der Waals surface area contributed by atoms with Gasteiger partial charge < -0.3 is 5.11 Å². The predicted octanol–water partition coefficient (Wildman–Crippen LogP) is 1.72. The number of carbonyl (C=O) groups is 1. The molecular formula is C11H9ClN4O2. The molecule has 18 heavy (non-hydrogen) atoms. The van der Waals surface area contributed by atoms with Crippen molar-refractivity contribution in [1.82, 2.24) is 20.2 Å². The number of hydrogen-bond donors (Lipinski definition) is 1. The molecule has 0 fully saturated rings. The fourth-order valence-electron chi connectivity index (χ4n) is 1.38. The van der Waals surface area contributed by atoms with Crippen molar-refractivity contribution in [3.05, 3.63) is 40.7 Å². The Hall–Kier alpha value is -2.21. The number of aryl methyl sites for hydroxylation is 1. The lowest BCUT2D eigenvalue weighted by Crippen LogP contribution is -2.11. The van der Waals surface area contributed by atoms with Gasteiger partial charge >= 0.3 is 5.97 Å². The molecule has 0 unspecified atom stereocenters. The summed E-state index contributed by atoms with van der Waals surface area (Å²) >= 11 is 5.76. The molecule has 6 nitrogen and oxygen atoms in total. The average molecular weight is 265 g/mol. The van der Waals surface area contributed by atoms with Crippen molar-refractivity contribution in [2.24, 2.45) is 0 Å². The van der Waals surface area contributed by atoms with E-state index < -0.39 is 5.97 Å². The minimum atomic E-state index is -1.11. The summed E-state index contributed by atoms with van der Waals surface area (Å²) in [6.07, 6.45) is 1.47. The lowest BCUT2D eigenvalue weighted by Gasteiger charge is -2.02. The zero-order valence-electron chi connectivity index (χ0n) is 9.41.